The van der Waals surface area contributed by atoms with Gasteiger partial charge < -0.3 is 15.2 Å². The molecule has 1 fully saturated rings. The van der Waals surface area contributed by atoms with E-state index in [4.69, 9.17) is 9.84 Å². The van der Waals surface area contributed by atoms with Crippen molar-refractivity contribution in [2.45, 2.75) is 51.0 Å². The molecule has 1 aliphatic rings. The fraction of sp³-hybridized carbons (Fsp3) is 0.588. The maximum Gasteiger partial charge on any atom is 0.230 e. The van der Waals surface area contributed by atoms with Gasteiger partial charge in [-0.05, 0) is 43.9 Å². The number of hydrogen-bond acceptors (Lipinski definition) is 3. The molecule has 116 valence electrons. The first-order valence-electron chi connectivity index (χ1n) is 7.60. The first-order valence-corrected chi connectivity index (χ1v) is 7.60. The second-order valence-electron chi connectivity index (χ2n) is 6.03. The summed E-state index contributed by atoms with van der Waals surface area (Å²) in [4.78, 5) is 12.8. The normalized spacial score (nSPS) is 18.3. The van der Waals surface area contributed by atoms with Crippen molar-refractivity contribution in [3.63, 3.8) is 0 Å². The number of amides is 1. The van der Waals surface area contributed by atoms with Gasteiger partial charge in [0.25, 0.3) is 0 Å². The molecule has 2 rings (SSSR count). The average molecular weight is 291 g/mol. The lowest BCUT2D eigenvalue weighted by molar-refractivity contribution is -0.127. The molecule has 0 bridgehead atoms. The highest BCUT2D eigenvalue weighted by molar-refractivity contribution is 5.89. The number of carbonyl (C=O) groups is 1. The van der Waals surface area contributed by atoms with E-state index in [1.54, 1.807) is 7.11 Å². The van der Waals surface area contributed by atoms with E-state index < -0.39 is 5.41 Å². The van der Waals surface area contributed by atoms with Crippen molar-refractivity contribution in [1.29, 1.82) is 0 Å². The third-order valence-corrected chi connectivity index (χ3v) is 4.50. The van der Waals surface area contributed by atoms with Gasteiger partial charge in [0, 0.05) is 6.04 Å². The first-order chi connectivity index (χ1) is 10.0. The van der Waals surface area contributed by atoms with Gasteiger partial charge in [-0.25, -0.2) is 0 Å². The van der Waals surface area contributed by atoms with E-state index in [0.717, 1.165) is 42.6 Å². The van der Waals surface area contributed by atoms with Gasteiger partial charge in [-0.15, -0.1) is 0 Å². The van der Waals surface area contributed by atoms with E-state index in [0.29, 0.717) is 0 Å². The molecular formula is C17H25NO3. The van der Waals surface area contributed by atoms with Crippen LogP contribution in [0.5, 0.6) is 5.75 Å². The molecule has 1 aliphatic carbocycles. The van der Waals surface area contributed by atoms with E-state index in [1.807, 2.05) is 32.0 Å². The zero-order chi connectivity index (χ0) is 15.5. The molecule has 0 aliphatic heterocycles. The Bertz CT molecular complexity index is 507. The smallest absolute Gasteiger partial charge is 0.230 e. The SMILES string of the molecule is COc1cc(C2(C(=O)NC(C)CO)CCCC2)ccc1C. The Balaban J connectivity index is 2.36. The predicted molar refractivity (Wildman–Crippen MR) is 82.6 cm³/mol. The van der Waals surface area contributed by atoms with Crippen LogP contribution < -0.4 is 10.1 Å². The Morgan fingerprint density at radius 3 is 2.67 bits per heavy atom. The molecule has 4 heteroatoms. The standard InChI is InChI=1S/C17H25NO3/c1-12-6-7-14(10-15(12)21-3)17(8-4-5-9-17)16(20)18-13(2)11-19/h6-7,10,13,19H,4-5,8-9,11H2,1-3H3,(H,18,20). The third-order valence-electron chi connectivity index (χ3n) is 4.50. The van der Waals surface area contributed by atoms with Crippen LogP contribution in [0, 0.1) is 6.92 Å². The second kappa shape index (κ2) is 6.48. The minimum Gasteiger partial charge on any atom is -0.496 e. The monoisotopic (exact) mass is 291 g/mol. The number of carbonyl (C=O) groups excluding carboxylic acids is 1. The number of nitrogens with one attached hydrogen (secondary N) is 1. The van der Waals surface area contributed by atoms with Crippen LogP contribution >= 0.6 is 0 Å². The van der Waals surface area contributed by atoms with Gasteiger partial charge in [0.05, 0.1) is 19.1 Å². The van der Waals surface area contributed by atoms with Gasteiger partial charge in [-0.2, -0.15) is 0 Å². The summed E-state index contributed by atoms with van der Waals surface area (Å²) in [7, 11) is 1.65. The number of benzene rings is 1. The summed E-state index contributed by atoms with van der Waals surface area (Å²) in [5.74, 6) is 0.842. The maximum absolute atomic E-state index is 12.8. The van der Waals surface area contributed by atoms with E-state index in [9.17, 15) is 4.79 Å². The zero-order valence-corrected chi connectivity index (χ0v) is 13.1. The highest BCUT2D eigenvalue weighted by atomic mass is 16.5. The van der Waals surface area contributed by atoms with Crippen LogP contribution in [0.3, 0.4) is 0 Å². The molecule has 1 unspecified atom stereocenters. The average Bonchev–Trinajstić information content (AvgIpc) is 2.98. The van der Waals surface area contributed by atoms with Crippen LogP contribution in [0.1, 0.15) is 43.7 Å². The molecule has 1 aromatic rings. The van der Waals surface area contributed by atoms with Crippen LogP contribution in [-0.2, 0) is 10.2 Å². The van der Waals surface area contributed by atoms with Crippen molar-refractivity contribution >= 4 is 5.91 Å². The molecule has 1 saturated carbocycles. The summed E-state index contributed by atoms with van der Waals surface area (Å²) >= 11 is 0. The van der Waals surface area contributed by atoms with Crippen molar-refractivity contribution in [2.24, 2.45) is 0 Å². The third kappa shape index (κ3) is 3.05. The molecule has 2 N–H and O–H groups in total. The molecule has 0 spiro atoms. The molecule has 21 heavy (non-hydrogen) atoms. The van der Waals surface area contributed by atoms with Crippen molar-refractivity contribution < 1.29 is 14.6 Å². The zero-order valence-electron chi connectivity index (χ0n) is 13.1. The summed E-state index contributed by atoms with van der Waals surface area (Å²) in [5.41, 5.74) is 1.60. The Hall–Kier alpha value is -1.55. The minimum atomic E-state index is -0.482. The topological polar surface area (TPSA) is 58.6 Å². The van der Waals surface area contributed by atoms with Gasteiger partial charge in [-0.3, -0.25) is 4.79 Å². The van der Waals surface area contributed by atoms with E-state index >= 15 is 0 Å². The quantitative estimate of drug-likeness (QED) is 0.875. The summed E-state index contributed by atoms with van der Waals surface area (Å²) in [6.07, 6.45) is 3.81. The van der Waals surface area contributed by atoms with E-state index in [-0.39, 0.29) is 18.6 Å². The van der Waals surface area contributed by atoms with Crippen molar-refractivity contribution in [2.75, 3.05) is 13.7 Å². The number of aryl methyl sites for hydroxylation is 1. The molecule has 1 atom stereocenters. The van der Waals surface area contributed by atoms with Crippen LogP contribution in [0.4, 0.5) is 0 Å². The number of aliphatic hydroxyl groups is 1. The largest absolute Gasteiger partial charge is 0.496 e. The molecule has 1 aromatic carbocycles. The molecule has 0 aromatic heterocycles. The number of aliphatic hydroxyl groups excluding tert-OH is 1. The Morgan fingerprint density at radius 1 is 1.43 bits per heavy atom. The Morgan fingerprint density at radius 2 is 2.10 bits per heavy atom. The fourth-order valence-corrected chi connectivity index (χ4v) is 3.15. The minimum absolute atomic E-state index is 0.0208. The lowest BCUT2D eigenvalue weighted by Gasteiger charge is -2.30. The predicted octanol–water partition coefficient (Wildman–Crippen LogP) is 2.31. The van der Waals surface area contributed by atoms with Crippen molar-refractivity contribution in [3.05, 3.63) is 29.3 Å². The molecule has 0 radical (unpaired) electrons. The Labute approximate surface area is 126 Å². The lowest BCUT2D eigenvalue weighted by atomic mass is 9.77. The molecule has 1 amide bonds. The Kier molecular flexibility index (Phi) is 4.88. The number of rotatable bonds is 5. The molecular weight excluding hydrogens is 266 g/mol. The second-order valence-corrected chi connectivity index (χ2v) is 6.03. The van der Waals surface area contributed by atoms with E-state index in [1.165, 1.54) is 0 Å². The first kappa shape index (κ1) is 15.8. The molecule has 0 saturated heterocycles. The number of ether oxygens (including phenoxy) is 1. The van der Waals surface area contributed by atoms with E-state index in [2.05, 4.69) is 5.32 Å². The van der Waals surface area contributed by atoms with Gasteiger partial charge >= 0.3 is 0 Å². The molecule has 4 nitrogen and oxygen atoms in total. The van der Waals surface area contributed by atoms with Crippen LogP contribution in [0.15, 0.2) is 18.2 Å². The van der Waals surface area contributed by atoms with Gasteiger partial charge in [0.1, 0.15) is 5.75 Å². The summed E-state index contributed by atoms with van der Waals surface area (Å²) in [6.45, 7) is 3.77. The highest BCUT2D eigenvalue weighted by Gasteiger charge is 2.43. The summed E-state index contributed by atoms with van der Waals surface area (Å²) in [5, 5.41) is 12.1. The molecule has 0 heterocycles. The fourth-order valence-electron chi connectivity index (χ4n) is 3.15. The summed E-state index contributed by atoms with van der Waals surface area (Å²) < 4.78 is 5.40. The van der Waals surface area contributed by atoms with Gasteiger partial charge in [-0.1, -0.05) is 25.0 Å². The van der Waals surface area contributed by atoms with Crippen LogP contribution in [-0.4, -0.2) is 30.8 Å². The highest BCUT2D eigenvalue weighted by Crippen LogP contribution is 2.42. The van der Waals surface area contributed by atoms with Crippen molar-refractivity contribution in [3.8, 4) is 5.75 Å². The number of hydrogen-bond donors (Lipinski definition) is 2. The van der Waals surface area contributed by atoms with Gasteiger partial charge in [0.2, 0.25) is 5.91 Å². The van der Waals surface area contributed by atoms with Crippen LogP contribution in [0.2, 0.25) is 0 Å². The summed E-state index contributed by atoms with van der Waals surface area (Å²) in [6, 6.07) is 5.81. The van der Waals surface area contributed by atoms with Crippen molar-refractivity contribution in [1.82, 2.24) is 5.32 Å². The number of methoxy groups -OCH3 is 1. The van der Waals surface area contributed by atoms with Gasteiger partial charge in [0.15, 0.2) is 0 Å². The van der Waals surface area contributed by atoms with Crippen LogP contribution in [0.25, 0.3) is 0 Å². The lowest BCUT2D eigenvalue weighted by Crippen LogP contribution is -2.47. The maximum atomic E-state index is 12.8.